The number of ether oxygens (including phenoxy) is 3. The smallest absolute Gasteiger partial charge is 0.265 e. The number of rotatable bonds is 7. The van der Waals surface area contributed by atoms with Gasteiger partial charge < -0.3 is 25.3 Å². The molecule has 1 atom stereocenters. The Kier molecular flexibility index (Phi) is 6.30. The topological polar surface area (TPSA) is 99.9 Å². The van der Waals surface area contributed by atoms with Crippen molar-refractivity contribution in [3.8, 4) is 17.2 Å². The summed E-state index contributed by atoms with van der Waals surface area (Å²) in [4.78, 5) is 24.1. The van der Waals surface area contributed by atoms with Crippen LogP contribution in [0.2, 0.25) is 5.02 Å². The van der Waals surface area contributed by atoms with Crippen molar-refractivity contribution >= 4 is 29.1 Å². The summed E-state index contributed by atoms with van der Waals surface area (Å²) in [5, 5.41) is 3.18. The van der Waals surface area contributed by atoms with Gasteiger partial charge in [-0.05, 0) is 37.3 Å². The fourth-order valence-electron chi connectivity index (χ4n) is 2.19. The van der Waals surface area contributed by atoms with E-state index >= 15 is 0 Å². The number of halogens is 1. The number of hydrogen-bond acceptors (Lipinski definition) is 5. The minimum absolute atomic E-state index is 0.0923. The molecule has 2 aromatic carbocycles. The molecule has 0 aliphatic carbocycles. The van der Waals surface area contributed by atoms with E-state index in [0.717, 1.165) is 0 Å². The maximum atomic E-state index is 12.4. The van der Waals surface area contributed by atoms with Crippen molar-refractivity contribution < 1.29 is 23.8 Å². The Morgan fingerprint density at radius 2 is 1.65 bits per heavy atom. The first-order chi connectivity index (χ1) is 12.3. The molecule has 2 amide bonds. The van der Waals surface area contributed by atoms with Gasteiger partial charge >= 0.3 is 0 Å². The van der Waals surface area contributed by atoms with E-state index in [1.165, 1.54) is 26.4 Å². The highest BCUT2D eigenvalue weighted by Gasteiger charge is 2.20. The lowest BCUT2D eigenvalue weighted by Gasteiger charge is -2.17. The average molecular weight is 379 g/mol. The zero-order chi connectivity index (χ0) is 19.3. The molecule has 0 heterocycles. The quantitative estimate of drug-likeness (QED) is 0.771. The molecule has 0 aliphatic heterocycles. The van der Waals surface area contributed by atoms with E-state index in [-0.39, 0.29) is 11.3 Å². The normalized spacial score (nSPS) is 11.4. The Labute approximate surface area is 156 Å². The van der Waals surface area contributed by atoms with Crippen LogP contribution in [-0.4, -0.2) is 32.1 Å². The van der Waals surface area contributed by atoms with Crippen molar-refractivity contribution in [3.05, 3.63) is 47.0 Å². The summed E-state index contributed by atoms with van der Waals surface area (Å²) in [6.07, 6.45) is -0.829. The fourth-order valence-corrected chi connectivity index (χ4v) is 2.32. The molecule has 0 aromatic heterocycles. The zero-order valence-electron chi connectivity index (χ0n) is 14.5. The number of anilines is 1. The standard InChI is InChI=1S/C18H19ClN2O5/c1-10(26-12-6-4-11(19)5-7-12)18(23)21-14-9-16(25-3)15(24-2)8-13(14)17(20)22/h4-10H,1-3H3,(H2,20,22)(H,21,23). The Balaban J connectivity index is 2.21. The Bertz CT molecular complexity index is 808. The van der Waals surface area contributed by atoms with E-state index in [9.17, 15) is 9.59 Å². The molecule has 1 unspecified atom stereocenters. The molecular formula is C18H19ClN2O5. The number of amides is 2. The van der Waals surface area contributed by atoms with Crippen LogP contribution in [0.5, 0.6) is 17.2 Å². The molecule has 0 saturated carbocycles. The number of hydrogen-bond donors (Lipinski definition) is 2. The predicted molar refractivity (Wildman–Crippen MR) is 98.2 cm³/mol. The van der Waals surface area contributed by atoms with Gasteiger partial charge in [0, 0.05) is 11.1 Å². The van der Waals surface area contributed by atoms with Gasteiger partial charge in [0.1, 0.15) is 5.75 Å². The molecule has 0 bridgehead atoms. The first-order valence-electron chi connectivity index (χ1n) is 7.64. The van der Waals surface area contributed by atoms with Crippen molar-refractivity contribution in [2.45, 2.75) is 13.0 Å². The lowest BCUT2D eigenvalue weighted by atomic mass is 10.1. The van der Waals surface area contributed by atoms with Gasteiger partial charge in [0.2, 0.25) is 0 Å². The van der Waals surface area contributed by atoms with Crippen LogP contribution in [0.1, 0.15) is 17.3 Å². The molecule has 0 spiro atoms. The Morgan fingerprint density at radius 3 is 2.19 bits per heavy atom. The van der Waals surface area contributed by atoms with Gasteiger partial charge in [0.15, 0.2) is 17.6 Å². The number of nitrogens with one attached hydrogen (secondary N) is 1. The molecule has 8 heteroatoms. The highest BCUT2D eigenvalue weighted by Crippen LogP contribution is 2.33. The third kappa shape index (κ3) is 4.58. The maximum absolute atomic E-state index is 12.4. The van der Waals surface area contributed by atoms with Crippen LogP contribution in [0.3, 0.4) is 0 Å². The second kappa shape index (κ2) is 8.44. The highest BCUT2D eigenvalue weighted by atomic mass is 35.5. The molecule has 2 rings (SSSR count). The fraction of sp³-hybridized carbons (Fsp3) is 0.222. The molecule has 26 heavy (non-hydrogen) atoms. The zero-order valence-corrected chi connectivity index (χ0v) is 15.3. The van der Waals surface area contributed by atoms with Gasteiger partial charge in [-0.2, -0.15) is 0 Å². The van der Waals surface area contributed by atoms with E-state index in [1.54, 1.807) is 31.2 Å². The molecular weight excluding hydrogens is 360 g/mol. The summed E-state index contributed by atoms with van der Waals surface area (Å²) in [7, 11) is 2.88. The lowest BCUT2D eigenvalue weighted by Crippen LogP contribution is -2.31. The average Bonchev–Trinajstić information content (AvgIpc) is 2.62. The highest BCUT2D eigenvalue weighted by molar-refractivity contribution is 6.30. The summed E-state index contributed by atoms with van der Waals surface area (Å²) < 4.78 is 15.9. The number of methoxy groups -OCH3 is 2. The maximum Gasteiger partial charge on any atom is 0.265 e. The van der Waals surface area contributed by atoms with E-state index in [4.69, 9.17) is 31.5 Å². The van der Waals surface area contributed by atoms with Gasteiger partial charge in [-0.25, -0.2) is 0 Å². The molecule has 0 fully saturated rings. The molecule has 7 nitrogen and oxygen atoms in total. The van der Waals surface area contributed by atoms with Crippen LogP contribution in [-0.2, 0) is 4.79 Å². The summed E-state index contributed by atoms with van der Waals surface area (Å²) in [5.41, 5.74) is 5.68. The molecule has 0 radical (unpaired) electrons. The minimum Gasteiger partial charge on any atom is -0.493 e. The van der Waals surface area contributed by atoms with Crippen LogP contribution in [0, 0.1) is 0 Å². The summed E-state index contributed by atoms with van der Waals surface area (Å²) in [5.74, 6) is -0.0227. The Morgan fingerprint density at radius 1 is 1.08 bits per heavy atom. The van der Waals surface area contributed by atoms with Crippen LogP contribution >= 0.6 is 11.6 Å². The first kappa shape index (κ1) is 19.4. The Hall–Kier alpha value is -2.93. The van der Waals surface area contributed by atoms with Crippen molar-refractivity contribution in [2.24, 2.45) is 5.73 Å². The summed E-state index contributed by atoms with van der Waals surface area (Å²) in [6, 6.07) is 9.48. The molecule has 0 aliphatic rings. The van der Waals surface area contributed by atoms with Gasteiger partial charge in [-0.15, -0.1) is 0 Å². The van der Waals surface area contributed by atoms with Crippen LogP contribution < -0.4 is 25.3 Å². The van der Waals surface area contributed by atoms with Crippen molar-refractivity contribution in [1.82, 2.24) is 0 Å². The summed E-state index contributed by atoms with van der Waals surface area (Å²) >= 11 is 5.82. The second-order valence-corrected chi connectivity index (χ2v) is 5.76. The number of primary amides is 1. The van der Waals surface area contributed by atoms with Crippen LogP contribution in [0.4, 0.5) is 5.69 Å². The molecule has 0 saturated heterocycles. The monoisotopic (exact) mass is 378 g/mol. The van der Waals surface area contributed by atoms with Crippen molar-refractivity contribution in [3.63, 3.8) is 0 Å². The third-order valence-corrected chi connectivity index (χ3v) is 3.79. The second-order valence-electron chi connectivity index (χ2n) is 5.32. The van der Waals surface area contributed by atoms with Gasteiger partial charge in [-0.1, -0.05) is 11.6 Å². The van der Waals surface area contributed by atoms with E-state index < -0.39 is 17.9 Å². The molecule has 3 N–H and O–H groups in total. The number of benzene rings is 2. The lowest BCUT2D eigenvalue weighted by molar-refractivity contribution is -0.122. The van der Waals surface area contributed by atoms with Crippen molar-refractivity contribution in [1.29, 1.82) is 0 Å². The largest absolute Gasteiger partial charge is 0.493 e. The predicted octanol–water partition coefficient (Wildman–Crippen LogP) is 2.86. The van der Waals surface area contributed by atoms with Crippen LogP contribution in [0.25, 0.3) is 0 Å². The SMILES string of the molecule is COc1cc(NC(=O)C(C)Oc2ccc(Cl)cc2)c(C(N)=O)cc1OC. The number of nitrogens with two attached hydrogens (primary N) is 1. The van der Waals surface area contributed by atoms with Gasteiger partial charge in [0.05, 0.1) is 25.5 Å². The van der Waals surface area contributed by atoms with Crippen LogP contribution in [0.15, 0.2) is 36.4 Å². The summed E-state index contributed by atoms with van der Waals surface area (Å²) in [6.45, 7) is 1.58. The first-order valence-corrected chi connectivity index (χ1v) is 8.02. The minimum atomic E-state index is -0.829. The molecule has 138 valence electrons. The van der Waals surface area contributed by atoms with E-state index in [0.29, 0.717) is 22.3 Å². The van der Waals surface area contributed by atoms with Crippen molar-refractivity contribution in [2.75, 3.05) is 19.5 Å². The van der Waals surface area contributed by atoms with E-state index in [1.807, 2.05) is 0 Å². The number of carbonyl (C=O) groups is 2. The van der Waals surface area contributed by atoms with Gasteiger partial charge in [-0.3, -0.25) is 9.59 Å². The van der Waals surface area contributed by atoms with Gasteiger partial charge in [0.25, 0.3) is 11.8 Å². The third-order valence-electron chi connectivity index (χ3n) is 3.54. The molecule has 2 aromatic rings. The number of carbonyl (C=O) groups excluding carboxylic acids is 2. The van der Waals surface area contributed by atoms with E-state index in [2.05, 4.69) is 5.32 Å².